The number of ether oxygens (including phenoxy) is 5. The molecule has 0 bridgehead atoms. The second-order valence-electron chi connectivity index (χ2n) is 9.48. The Morgan fingerprint density at radius 1 is 0.786 bits per heavy atom. The van der Waals surface area contributed by atoms with E-state index < -0.39 is 67.0 Å². The van der Waals surface area contributed by atoms with Gasteiger partial charge in [-0.3, -0.25) is 38.8 Å². The summed E-state index contributed by atoms with van der Waals surface area (Å²) in [7, 11) is 0. The zero-order valence-electron chi connectivity index (χ0n) is 23.8. The highest BCUT2D eigenvalue weighted by molar-refractivity contribution is 5.79. The summed E-state index contributed by atoms with van der Waals surface area (Å²) in [6.45, 7) is 4.57. The summed E-state index contributed by atoms with van der Waals surface area (Å²) in [5.41, 5.74) is 1.42. The normalized spacial score (nSPS) is 21.6. The molecule has 2 unspecified atom stereocenters. The molecule has 3 heterocycles. The van der Waals surface area contributed by atoms with Crippen LogP contribution in [0.25, 0.3) is 0 Å². The van der Waals surface area contributed by atoms with Crippen molar-refractivity contribution in [3.8, 4) is 0 Å². The van der Waals surface area contributed by atoms with Gasteiger partial charge in [-0.2, -0.15) is 0 Å². The number of amides is 1. The van der Waals surface area contributed by atoms with E-state index >= 15 is 0 Å². The van der Waals surface area contributed by atoms with Gasteiger partial charge < -0.3 is 29.0 Å². The Bertz CT molecular complexity index is 1190. The van der Waals surface area contributed by atoms with Crippen molar-refractivity contribution in [1.29, 1.82) is 0 Å². The van der Waals surface area contributed by atoms with Crippen LogP contribution in [-0.4, -0.2) is 88.4 Å². The fourth-order valence-corrected chi connectivity index (χ4v) is 4.36. The SMILES string of the molecule is CC(=O)OCC1O[C@H](OC(C)=O)[C@@H](NC(=O)CN(Cc2ccccn2)Cc2ccccn2)C(OC(C)=O)[C@@H]1OC(C)=O. The minimum atomic E-state index is -1.48. The Labute approximate surface area is 242 Å². The second-order valence-corrected chi connectivity index (χ2v) is 9.48. The molecule has 226 valence electrons. The lowest BCUT2D eigenvalue weighted by molar-refractivity contribution is -0.271. The lowest BCUT2D eigenvalue weighted by atomic mass is 9.96. The average molecular weight is 587 g/mol. The number of pyridine rings is 2. The molecule has 14 nitrogen and oxygen atoms in total. The van der Waals surface area contributed by atoms with Gasteiger partial charge in [0.2, 0.25) is 12.2 Å². The molecule has 1 N–H and O–H groups in total. The quantitative estimate of drug-likeness (QED) is 0.272. The van der Waals surface area contributed by atoms with Gasteiger partial charge in [0.05, 0.1) is 17.9 Å². The molecule has 0 spiro atoms. The Morgan fingerprint density at radius 2 is 1.33 bits per heavy atom. The molecule has 14 heteroatoms. The number of nitrogens with zero attached hydrogens (tertiary/aromatic N) is 3. The van der Waals surface area contributed by atoms with E-state index in [0.29, 0.717) is 24.5 Å². The maximum Gasteiger partial charge on any atom is 0.305 e. The van der Waals surface area contributed by atoms with Gasteiger partial charge >= 0.3 is 23.9 Å². The van der Waals surface area contributed by atoms with Gasteiger partial charge in [-0.15, -0.1) is 0 Å². The van der Waals surface area contributed by atoms with E-state index in [0.717, 1.165) is 20.8 Å². The predicted molar refractivity (Wildman–Crippen MR) is 143 cm³/mol. The summed E-state index contributed by atoms with van der Waals surface area (Å²) in [6.07, 6.45) is -2.08. The van der Waals surface area contributed by atoms with E-state index in [2.05, 4.69) is 15.3 Å². The molecule has 0 radical (unpaired) electrons. The van der Waals surface area contributed by atoms with Crippen LogP contribution in [0.3, 0.4) is 0 Å². The third-order valence-corrected chi connectivity index (χ3v) is 5.90. The largest absolute Gasteiger partial charge is 0.463 e. The van der Waals surface area contributed by atoms with Crippen LogP contribution in [0.4, 0.5) is 0 Å². The molecule has 2 aromatic rings. The lowest BCUT2D eigenvalue weighted by Crippen LogP contribution is -2.67. The van der Waals surface area contributed by atoms with E-state index in [-0.39, 0.29) is 6.54 Å². The summed E-state index contributed by atoms with van der Waals surface area (Å²) in [4.78, 5) is 71.5. The van der Waals surface area contributed by atoms with Gasteiger partial charge in [-0.05, 0) is 24.3 Å². The first-order valence-electron chi connectivity index (χ1n) is 13.1. The fraction of sp³-hybridized carbons (Fsp3) is 0.464. The standard InChI is InChI=1S/C28H34N4O10/c1-17(33)38-16-23-26(39-18(2)34)27(40-19(3)35)25(28(42-23)41-20(4)36)31-24(37)15-32(13-21-9-5-7-11-29-21)14-22-10-6-8-12-30-22/h5-12,23,25-28H,13-16H2,1-4H3,(H,31,37)/t23?,25-,26+,27?,28-/m0/s1. The van der Waals surface area contributed by atoms with Crippen molar-refractivity contribution in [1.82, 2.24) is 20.2 Å². The van der Waals surface area contributed by atoms with E-state index in [1.165, 1.54) is 6.92 Å². The topological polar surface area (TPSA) is 173 Å². The van der Waals surface area contributed by atoms with Crippen LogP contribution in [0.1, 0.15) is 39.1 Å². The molecule has 1 aliphatic heterocycles. The van der Waals surface area contributed by atoms with Gasteiger partial charge in [0.1, 0.15) is 18.8 Å². The highest BCUT2D eigenvalue weighted by Gasteiger charge is 2.52. The lowest BCUT2D eigenvalue weighted by Gasteiger charge is -2.44. The van der Waals surface area contributed by atoms with Gasteiger partial charge in [-0.25, -0.2) is 0 Å². The molecular weight excluding hydrogens is 552 g/mol. The summed E-state index contributed by atoms with van der Waals surface area (Å²) in [6, 6.07) is 9.56. The molecule has 1 saturated heterocycles. The summed E-state index contributed by atoms with van der Waals surface area (Å²) >= 11 is 0. The molecule has 0 aliphatic carbocycles. The predicted octanol–water partition coefficient (Wildman–Crippen LogP) is 0.678. The van der Waals surface area contributed by atoms with E-state index in [4.69, 9.17) is 23.7 Å². The monoisotopic (exact) mass is 586 g/mol. The number of rotatable bonds is 12. The van der Waals surface area contributed by atoms with Crippen LogP contribution < -0.4 is 5.32 Å². The van der Waals surface area contributed by atoms with Crippen molar-refractivity contribution in [2.24, 2.45) is 0 Å². The van der Waals surface area contributed by atoms with E-state index in [9.17, 15) is 24.0 Å². The summed E-state index contributed by atoms with van der Waals surface area (Å²) < 4.78 is 27.1. The average Bonchev–Trinajstić information content (AvgIpc) is 2.91. The maximum absolute atomic E-state index is 13.5. The zero-order chi connectivity index (χ0) is 30.6. The van der Waals surface area contributed by atoms with Gasteiger partial charge in [0, 0.05) is 53.2 Å². The number of nitrogens with one attached hydrogen (secondary N) is 1. The fourth-order valence-electron chi connectivity index (χ4n) is 4.36. The minimum Gasteiger partial charge on any atom is -0.463 e. The Kier molecular flexibility index (Phi) is 11.9. The van der Waals surface area contributed by atoms with Crippen LogP contribution >= 0.6 is 0 Å². The van der Waals surface area contributed by atoms with Crippen LogP contribution in [-0.2, 0) is 60.7 Å². The van der Waals surface area contributed by atoms with Gasteiger partial charge in [-0.1, -0.05) is 12.1 Å². The van der Waals surface area contributed by atoms with Crippen molar-refractivity contribution in [2.75, 3.05) is 13.2 Å². The number of esters is 4. The molecule has 5 atom stereocenters. The van der Waals surface area contributed by atoms with Crippen molar-refractivity contribution in [3.63, 3.8) is 0 Å². The summed E-state index contributed by atoms with van der Waals surface area (Å²) in [5.74, 6) is -3.47. The highest BCUT2D eigenvalue weighted by atomic mass is 16.7. The molecule has 2 aromatic heterocycles. The maximum atomic E-state index is 13.5. The Hall–Kier alpha value is -4.43. The van der Waals surface area contributed by atoms with Gasteiger partial charge in [0.15, 0.2) is 12.2 Å². The molecule has 1 amide bonds. The number of hydrogen-bond acceptors (Lipinski definition) is 13. The molecule has 42 heavy (non-hydrogen) atoms. The van der Waals surface area contributed by atoms with E-state index in [1.807, 2.05) is 24.3 Å². The molecule has 0 saturated carbocycles. The minimum absolute atomic E-state index is 0.168. The van der Waals surface area contributed by atoms with Crippen molar-refractivity contribution in [2.45, 2.75) is 71.4 Å². The molecule has 1 fully saturated rings. The van der Waals surface area contributed by atoms with Crippen LogP contribution in [0.15, 0.2) is 48.8 Å². The Balaban J connectivity index is 1.89. The molecular formula is C28H34N4O10. The van der Waals surface area contributed by atoms with Gasteiger partial charge in [0.25, 0.3) is 0 Å². The van der Waals surface area contributed by atoms with Crippen LogP contribution in [0.2, 0.25) is 0 Å². The Morgan fingerprint density at radius 3 is 1.81 bits per heavy atom. The van der Waals surface area contributed by atoms with Crippen molar-refractivity contribution < 1.29 is 47.7 Å². The van der Waals surface area contributed by atoms with E-state index in [1.54, 1.807) is 29.4 Å². The number of hydrogen-bond donors (Lipinski definition) is 1. The first-order valence-corrected chi connectivity index (χ1v) is 13.1. The number of carbonyl (C=O) groups excluding carboxylic acids is 5. The van der Waals surface area contributed by atoms with Crippen molar-refractivity contribution >= 4 is 29.8 Å². The van der Waals surface area contributed by atoms with Crippen molar-refractivity contribution in [3.05, 3.63) is 60.2 Å². The molecule has 3 rings (SSSR count). The number of aromatic nitrogens is 2. The molecule has 1 aliphatic rings. The third kappa shape index (κ3) is 10.2. The smallest absolute Gasteiger partial charge is 0.305 e. The van der Waals surface area contributed by atoms with Crippen LogP contribution in [0, 0.1) is 0 Å². The van der Waals surface area contributed by atoms with Crippen LogP contribution in [0.5, 0.6) is 0 Å². The first kappa shape index (κ1) is 32.1. The second kappa shape index (κ2) is 15.5. The third-order valence-electron chi connectivity index (χ3n) is 5.90. The molecule has 0 aromatic carbocycles. The number of carbonyl (C=O) groups is 5. The summed E-state index contributed by atoms with van der Waals surface area (Å²) in [5, 5.41) is 2.72. The highest BCUT2D eigenvalue weighted by Crippen LogP contribution is 2.28. The zero-order valence-corrected chi connectivity index (χ0v) is 23.8. The first-order chi connectivity index (χ1) is 20.0.